The van der Waals surface area contributed by atoms with Gasteiger partial charge in [-0.1, -0.05) is 36.4 Å². The molecule has 1 aromatic carbocycles. The Morgan fingerprint density at radius 3 is 2.80 bits per heavy atom. The Labute approximate surface area is 121 Å². The highest BCUT2D eigenvalue weighted by atomic mass is 35.5. The van der Waals surface area contributed by atoms with Gasteiger partial charge in [0.15, 0.2) is 0 Å². The first-order valence-electron chi connectivity index (χ1n) is 6.18. The van der Waals surface area contributed by atoms with Crippen molar-refractivity contribution in [2.45, 2.75) is 6.42 Å². The first-order valence-corrected chi connectivity index (χ1v) is 6.56. The van der Waals surface area contributed by atoms with Gasteiger partial charge in [-0.2, -0.15) is 0 Å². The summed E-state index contributed by atoms with van der Waals surface area (Å²) < 4.78 is 0. The molecule has 0 radical (unpaired) electrons. The number of anilines is 1. The van der Waals surface area contributed by atoms with Crippen LogP contribution in [0, 0.1) is 5.92 Å². The fourth-order valence-electron chi connectivity index (χ4n) is 2.22. The summed E-state index contributed by atoms with van der Waals surface area (Å²) in [6.07, 6.45) is 0.428. The fourth-order valence-corrected chi connectivity index (χ4v) is 2.29. The molecular weight excluding hydrogens is 280 g/mol. The van der Waals surface area contributed by atoms with E-state index in [2.05, 4.69) is 11.9 Å². The van der Waals surface area contributed by atoms with Crippen LogP contribution < -0.4 is 10.2 Å². The summed E-state index contributed by atoms with van der Waals surface area (Å²) >= 11 is 5.62. The molecule has 1 heterocycles. The average Bonchev–Trinajstić information content (AvgIpc) is 2.43. The van der Waals surface area contributed by atoms with Crippen LogP contribution in [-0.4, -0.2) is 30.2 Å². The molecule has 2 rings (SSSR count). The van der Waals surface area contributed by atoms with Crippen LogP contribution in [0.5, 0.6) is 0 Å². The van der Waals surface area contributed by atoms with Crippen LogP contribution in [0.2, 0.25) is 0 Å². The minimum absolute atomic E-state index is 0.146. The van der Waals surface area contributed by atoms with Crippen LogP contribution in [-0.2, 0) is 11.2 Å². The number of urea groups is 1. The molecule has 0 aliphatic carbocycles. The molecule has 0 fully saturated rings. The number of nitrogens with one attached hydrogen (secondary N) is 1. The molecule has 0 saturated carbocycles. The van der Waals surface area contributed by atoms with Crippen molar-refractivity contribution in [2.75, 3.05) is 18.0 Å². The summed E-state index contributed by atoms with van der Waals surface area (Å²) in [7, 11) is 0. The van der Waals surface area contributed by atoms with Gasteiger partial charge in [-0.15, -0.1) is 0 Å². The normalized spacial score (nSPS) is 17.2. The molecule has 1 aliphatic heterocycles. The highest BCUT2D eigenvalue weighted by molar-refractivity contribution is 6.29. The lowest BCUT2D eigenvalue weighted by Gasteiger charge is -2.32. The molecule has 1 aromatic rings. The van der Waals surface area contributed by atoms with E-state index in [9.17, 15) is 14.7 Å². The van der Waals surface area contributed by atoms with E-state index in [0.717, 1.165) is 11.3 Å². The van der Waals surface area contributed by atoms with Gasteiger partial charge < -0.3 is 10.4 Å². The molecule has 0 aromatic heterocycles. The lowest BCUT2D eigenvalue weighted by atomic mass is 9.93. The van der Waals surface area contributed by atoms with Gasteiger partial charge in [0.2, 0.25) is 0 Å². The summed E-state index contributed by atoms with van der Waals surface area (Å²) in [6, 6.07) is 6.93. The molecule has 0 spiro atoms. The lowest BCUT2D eigenvalue weighted by molar-refractivity contribution is -0.141. The molecule has 106 valence electrons. The number of rotatable bonds is 3. The predicted octanol–water partition coefficient (Wildman–Crippen LogP) is 2.21. The minimum Gasteiger partial charge on any atom is -0.481 e. The number of nitrogens with zero attached hydrogens (tertiary/aromatic N) is 1. The minimum atomic E-state index is -0.904. The molecule has 0 saturated heterocycles. The Bertz CT molecular complexity index is 559. The van der Waals surface area contributed by atoms with E-state index in [-0.39, 0.29) is 19.1 Å². The van der Waals surface area contributed by atoms with E-state index in [4.69, 9.17) is 11.6 Å². The Hall–Kier alpha value is -2.01. The van der Waals surface area contributed by atoms with Crippen LogP contribution in [0.15, 0.2) is 35.9 Å². The number of para-hydroxylation sites is 1. The molecule has 0 bridgehead atoms. The molecule has 6 heteroatoms. The first-order chi connectivity index (χ1) is 9.49. The van der Waals surface area contributed by atoms with Crippen LogP contribution in [0.3, 0.4) is 0 Å². The number of carboxylic acid groups (broad SMARTS) is 1. The topological polar surface area (TPSA) is 69.6 Å². The van der Waals surface area contributed by atoms with Crippen LogP contribution in [0.25, 0.3) is 0 Å². The van der Waals surface area contributed by atoms with Crippen LogP contribution in [0.4, 0.5) is 10.5 Å². The third kappa shape index (κ3) is 3.11. The molecule has 20 heavy (non-hydrogen) atoms. The molecule has 5 nitrogen and oxygen atoms in total. The van der Waals surface area contributed by atoms with Crippen molar-refractivity contribution in [2.24, 2.45) is 5.92 Å². The van der Waals surface area contributed by atoms with E-state index >= 15 is 0 Å². The van der Waals surface area contributed by atoms with E-state index in [1.165, 1.54) is 4.90 Å². The van der Waals surface area contributed by atoms with Crippen molar-refractivity contribution in [1.29, 1.82) is 0 Å². The van der Waals surface area contributed by atoms with Crippen LogP contribution in [0.1, 0.15) is 5.56 Å². The second kappa shape index (κ2) is 5.96. The van der Waals surface area contributed by atoms with Crippen molar-refractivity contribution in [1.82, 2.24) is 5.32 Å². The zero-order valence-electron chi connectivity index (χ0n) is 10.8. The van der Waals surface area contributed by atoms with Crippen molar-refractivity contribution in [3.63, 3.8) is 0 Å². The number of benzene rings is 1. The Kier molecular flexibility index (Phi) is 4.29. The van der Waals surface area contributed by atoms with Gasteiger partial charge in [0.25, 0.3) is 0 Å². The largest absolute Gasteiger partial charge is 0.481 e. The standard InChI is InChI=1S/C14H15ClN2O3/c1-9(15)7-16-14(20)17-8-11(13(18)19)6-10-4-2-3-5-12(10)17/h2-5,11H,1,6-8H2,(H,16,20)(H,18,19). The fraction of sp³-hybridized carbons (Fsp3) is 0.286. The van der Waals surface area contributed by atoms with Crippen molar-refractivity contribution in [3.05, 3.63) is 41.4 Å². The number of carbonyl (C=O) groups is 2. The Morgan fingerprint density at radius 1 is 1.45 bits per heavy atom. The van der Waals surface area contributed by atoms with Crippen molar-refractivity contribution >= 4 is 29.3 Å². The van der Waals surface area contributed by atoms with Gasteiger partial charge >= 0.3 is 12.0 Å². The van der Waals surface area contributed by atoms with Gasteiger partial charge in [0.05, 0.1) is 12.5 Å². The van der Waals surface area contributed by atoms with Gasteiger partial charge in [0.1, 0.15) is 0 Å². The number of carbonyl (C=O) groups excluding carboxylic acids is 1. The summed E-state index contributed by atoms with van der Waals surface area (Å²) in [5, 5.41) is 12.1. The number of hydrogen-bond acceptors (Lipinski definition) is 2. The molecule has 1 aliphatic rings. The third-order valence-electron chi connectivity index (χ3n) is 3.18. The number of hydrogen-bond donors (Lipinski definition) is 2. The zero-order chi connectivity index (χ0) is 14.7. The number of halogens is 1. The van der Waals surface area contributed by atoms with Gasteiger partial charge in [0, 0.05) is 17.3 Å². The lowest BCUT2D eigenvalue weighted by Crippen LogP contribution is -2.47. The Morgan fingerprint density at radius 2 is 2.15 bits per heavy atom. The van der Waals surface area contributed by atoms with Crippen molar-refractivity contribution < 1.29 is 14.7 Å². The summed E-state index contributed by atoms with van der Waals surface area (Å²) in [5.41, 5.74) is 1.59. The molecule has 1 unspecified atom stereocenters. The number of carboxylic acids is 1. The number of fused-ring (bicyclic) bond motifs is 1. The van der Waals surface area contributed by atoms with E-state index in [1.54, 1.807) is 0 Å². The quantitative estimate of drug-likeness (QED) is 0.898. The monoisotopic (exact) mass is 294 g/mol. The SMILES string of the molecule is C=C(Cl)CNC(=O)N1CC(C(=O)O)Cc2ccccc21. The molecular formula is C14H15ClN2O3. The van der Waals surface area contributed by atoms with E-state index in [1.807, 2.05) is 24.3 Å². The average molecular weight is 295 g/mol. The van der Waals surface area contributed by atoms with Crippen LogP contribution >= 0.6 is 11.6 Å². The van der Waals surface area contributed by atoms with E-state index < -0.39 is 11.9 Å². The third-order valence-corrected chi connectivity index (χ3v) is 3.31. The molecule has 1 atom stereocenters. The first kappa shape index (κ1) is 14.4. The van der Waals surface area contributed by atoms with E-state index in [0.29, 0.717) is 11.5 Å². The summed E-state index contributed by atoms with van der Waals surface area (Å²) in [6.45, 7) is 3.79. The van der Waals surface area contributed by atoms with Gasteiger partial charge in [-0.3, -0.25) is 9.69 Å². The Balaban J connectivity index is 2.24. The molecule has 2 amide bonds. The van der Waals surface area contributed by atoms with Gasteiger partial charge in [-0.25, -0.2) is 4.79 Å². The number of aliphatic carboxylic acids is 1. The van der Waals surface area contributed by atoms with Crippen molar-refractivity contribution in [3.8, 4) is 0 Å². The summed E-state index contributed by atoms with van der Waals surface area (Å²) in [4.78, 5) is 24.8. The molecule has 2 N–H and O–H groups in total. The maximum Gasteiger partial charge on any atom is 0.322 e. The maximum absolute atomic E-state index is 12.2. The second-order valence-electron chi connectivity index (χ2n) is 4.65. The predicted molar refractivity (Wildman–Crippen MR) is 77.0 cm³/mol. The zero-order valence-corrected chi connectivity index (χ0v) is 11.6. The summed E-state index contributed by atoms with van der Waals surface area (Å²) in [5.74, 6) is -1.51. The number of amides is 2. The van der Waals surface area contributed by atoms with Gasteiger partial charge in [-0.05, 0) is 18.1 Å². The second-order valence-corrected chi connectivity index (χ2v) is 5.19. The maximum atomic E-state index is 12.2. The highest BCUT2D eigenvalue weighted by Gasteiger charge is 2.31. The highest BCUT2D eigenvalue weighted by Crippen LogP contribution is 2.29. The smallest absolute Gasteiger partial charge is 0.322 e.